The van der Waals surface area contributed by atoms with Gasteiger partial charge >= 0.3 is 5.97 Å². The van der Waals surface area contributed by atoms with Crippen molar-refractivity contribution in [1.82, 2.24) is 9.88 Å². The van der Waals surface area contributed by atoms with E-state index in [1.165, 1.54) is 7.11 Å². The normalized spacial score (nSPS) is 10.5. The van der Waals surface area contributed by atoms with Gasteiger partial charge in [0.1, 0.15) is 0 Å². The van der Waals surface area contributed by atoms with Gasteiger partial charge in [0.05, 0.1) is 17.9 Å². The molecule has 16 heavy (non-hydrogen) atoms. The van der Waals surface area contributed by atoms with Crippen LogP contribution in [0, 0.1) is 0 Å². The van der Waals surface area contributed by atoms with Gasteiger partial charge in [-0.05, 0) is 28.1 Å². The molecule has 0 aromatic carbocycles. The number of hydrogen-bond acceptors (Lipinski definition) is 4. The summed E-state index contributed by atoms with van der Waals surface area (Å²) in [6.45, 7) is 0. The standard InChI is InChI=1S/C10H12BrN3O2/c1-14(2)6-12-9-7(11)4-5-8(13-9)10(15)16-3/h4-6H,1-3H3. The van der Waals surface area contributed by atoms with Crippen molar-refractivity contribution in [2.45, 2.75) is 0 Å². The van der Waals surface area contributed by atoms with Gasteiger partial charge in [-0.3, -0.25) is 0 Å². The first kappa shape index (κ1) is 12.6. The van der Waals surface area contributed by atoms with E-state index >= 15 is 0 Å². The SMILES string of the molecule is COC(=O)c1ccc(Br)c(N=CN(C)C)n1. The minimum absolute atomic E-state index is 0.233. The van der Waals surface area contributed by atoms with Crippen molar-refractivity contribution in [3.63, 3.8) is 0 Å². The summed E-state index contributed by atoms with van der Waals surface area (Å²) in [5.41, 5.74) is 0.233. The van der Waals surface area contributed by atoms with E-state index in [4.69, 9.17) is 0 Å². The lowest BCUT2D eigenvalue weighted by molar-refractivity contribution is 0.0594. The van der Waals surface area contributed by atoms with Crippen LogP contribution in [-0.2, 0) is 4.74 Å². The number of carbonyl (C=O) groups excluding carboxylic acids is 1. The third kappa shape index (κ3) is 3.30. The molecule has 0 spiro atoms. The molecule has 1 rings (SSSR count). The average molecular weight is 286 g/mol. The molecule has 0 atom stereocenters. The second kappa shape index (κ2) is 5.60. The molecule has 0 N–H and O–H groups in total. The number of aromatic nitrogens is 1. The number of pyridine rings is 1. The molecule has 0 aliphatic carbocycles. The summed E-state index contributed by atoms with van der Waals surface area (Å²) in [5.74, 6) is -0.0367. The van der Waals surface area contributed by atoms with Crippen molar-refractivity contribution in [2.75, 3.05) is 21.2 Å². The van der Waals surface area contributed by atoms with Gasteiger partial charge in [-0.25, -0.2) is 14.8 Å². The lowest BCUT2D eigenvalue weighted by atomic mass is 10.3. The molecule has 0 unspecified atom stereocenters. The Morgan fingerprint density at radius 1 is 1.56 bits per heavy atom. The van der Waals surface area contributed by atoms with Crippen molar-refractivity contribution in [3.05, 3.63) is 22.3 Å². The number of nitrogens with zero attached hydrogens (tertiary/aromatic N) is 3. The Morgan fingerprint density at radius 3 is 2.81 bits per heavy atom. The molecule has 0 amide bonds. The predicted octanol–water partition coefficient (Wildman–Crippen LogP) is 1.85. The Kier molecular flexibility index (Phi) is 4.42. The van der Waals surface area contributed by atoms with Crippen molar-refractivity contribution in [2.24, 2.45) is 4.99 Å². The summed E-state index contributed by atoms with van der Waals surface area (Å²) >= 11 is 3.30. The minimum atomic E-state index is -0.478. The van der Waals surface area contributed by atoms with Crippen molar-refractivity contribution in [1.29, 1.82) is 0 Å². The van der Waals surface area contributed by atoms with Crippen molar-refractivity contribution < 1.29 is 9.53 Å². The zero-order chi connectivity index (χ0) is 12.1. The Hall–Kier alpha value is -1.43. The topological polar surface area (TPSA) is 54.8 Å². The number of aliphatic imine (C=N–C) groups is 1. The van der Waals surface area contributed by atoms with E-state index in [-0.39, 0.29) is 5.69 Å². The number of carbonyl (C=O) groups is 1. The maximum absolute atomic E-state index is 11.3. The molecule has 0 radical (unpaired) electrons. The van der Waals surface area contributed by atoms with Gasteiger partial charge in [-0.2, -0.15) is 0 Å². The molecule has 1 aromatic heterocycles. The average Bonchev–Trinajstić information content (AvgIpc) is 2.26. The Balaban J connectivity index is 3.04. The highest BCUT2D eigenvalue weighted by Crippen LogP contribution is 2.22. The number of esters is 1. The molecule has 0 aliphatic rings. The fraction of sp³-hybridized carbons (Fsp3) is 0.300. The zero-order valence-corrected chi connectivity index (χ0v) is 10.9. The van der Waals surface area contributed by atoms with Crippen LogP contribution in [0.1, 0.15) is 10.5 Å². The lowest BCUT2D eigenvalue weighted by Crippen LogP contribution is -2.08. The molecular weight excluding hydrogens is 274 g/mol. The van der Waals surface area contributed by atoms with Crippen LogP contribution in [-0.4, -0.2) is 43.4 Å². The number of halogens is 1. The van der Waals surface area contributed by atoms with Crippen LogP contribution in [0.3, 0.4) is 0 Å². The zero-order valence-electron chi connectivity index (χ0n) is 9.27. The van der Waals surface area contributed by atoms with E-state index in [1.807, 2.05) is 14.1 Å². The number of rotatable bonds is 3. The molecule has 0 saturated heterocycles. The summed E-state index contributed by atoms with van der Waals surface area (Å²) in [6, 6.07) is 3.28. The Labute approximate surface area is 102 Å². The quantitative estimate of drug-likeness (QED) is 0.483. The highest BCUT2D eigenvalue weighted by molar-refractivity contribution is 9.10. The number of ether oxygens (including phenoxy) is 1. The van der Waals surface area contributed by atoms with Gasteiger partial charge in [0.15, 0.2) is 11.5 Å². The van der Waals surface area contributed by atoms with Crippen molar-refractivity contribution in [3.8, 4) is 0 Å². The molecule has 6 heteroatoms. The van der Waals surface area contributed by atoms with Gasteiger partial charge < -0.3 is 9.64 Å². The van der Waals surface area contributed by atoms with Crippen LogP contribution < -0.4 is 0 Å². The van der Waals surface area contributed by atoms with E-state index in [9.17, 15) is 4.79 Å². The second-order valence-corrected chi connectivity index (χ2v) is 4.06. The third-order valence-corrected chi connectivity index (χ3v) is 2.25. The van der Waals surface area contributed by atoms with E-state index in [0.717, 1.165) is 4.47 Å². The first-order valence-corrected chi connectivity index (χ1v) is 5.29. The molecule has 0 fully saturated rings. The molecule has 0 saturated carbocycles. The smallest absolute Gasteiger partial charge is 0.356 e. The lowest BCUT2D eigenvalue weighted by Gasteiger charge is -2.04. The van der Waals surface area contributed by atoms with Crippen LogP contribution >= 0.6 is 15.9 Å². The van der Waals surface area contributed by atoms with Crippen LogP contribution in [0.4, 0.5) is 5.82 Å². The first-order valence-electron chi connectivity index (χ1n) is 4.50. The summed E-state index contributed by atoms with van der Waals surface area (Å²) in [6.07, 6.45) is 1.61. The summed E-state index contributed by atoms with van der Waals surface area (Å²) in [7, 11) is 5.01. The molecule has 1 heterocycles. The Morgan fingerprint density at radius 2 is 2.25 bits per heavy atom. The van der Waals surface area contributed by atoms with Gasteiger partial charge in [0, 0.05) is 14.1 Å². The monoisotopic (exact) mass is 285 g/mol. The molecule has 1 aromatic rings. The number of hydrogen-bond donors (Lipinski definition) is 0. The fourth-order valence-electron chi connectivity index (χ4n) is 0.910. The van der Waals surface area contributed by atoms with Gasteiger partial charge in [-0.15, -0.1) is 0 Å². The summed E-state index contributed by atoms with van der Waals surface area (Å²) < 4.78 is 5.30. The van der Waals surface area contributed by atoms with E-state index < -0.39 is 5.97 Å². The maximum Gasteiger partial charge on any atom is 0.356 e. The summed E-state index contributed by atoms with van der Waals surface area (Å²) in [4.78, 5) is 21.2. The van der Waals surface area contributed by atoms with Gasteiger partial charge in [-0.1, -0.05) is 0 Å². The fourth-order valence-corrected chi connectivity index (χ4v) is 1.23. The molecular formula is C10H12BrN3O2. The predicted molar refractivity (Wildman–Crippen MR) is 65.1 cm³/mol. The van der Waals surface area contributed by atoms with Crippen LogP contribution in [0.25, 0.3) is 0 Å². The van der Waals surface area contributed by atoms with Gasteiger partial charge in [0.25, 0.3) is 0 Å². The third-order valence-electron chi connectivity index (χ3n) is 1.63. The molecule has 0 bridgehead atoms. The molecule has 86 valence electrons. The van der Waals surface area contributed by atoms with E-state index in [2.05, 4.69) is 30.6 Å². The van der Waals surface area contributed by atoms with Gasteiger partial charge in [0.2, 0.25) is 0 Å². The Bertz CT molecular complexity index is 419. The molecule has 0 aliphatic heterocycles. The highest BCUT2D eigenvalue weighted by Gasteiger charge is 2.09. The minimum Gasteiger partial charge on any atom is -0.464 e. The van der Waals surface area contributed by atoms with Crippen LogP contribution in [0.5, 0.6) is 0 Å². The molecule has 5 nitrogen and oxygen atoms in total. The largest absolute Gasteiger partial charge is 0.464 e. The first-order chi connectivity index (χ1) is 7.54. The number of methoxy groups -OCH3 is 1. The van der Waals surface area contributed by atoms with E-state index in [1.54, 1.807) is 23.4 Å². The van der Waals surface area contributed by atoms with E-state index in [0.29, 0.717) is 5.82 Å². The second-order valence-electron chi connectivity index (χ2n) is 3.20. The summed E-state index contributed by atoms with van der Waals surface area (Å²) in [5, 5.41) is 0. The maximum atomic E-state index is 11.3. The van der Waals surface area contributed by atoms with Crippen LogP contribution in [0.15, 0.2) is 21.6 Å². The van der Waals surface area contributed by atoms with Crippen LogP contribution in [0.2, 0.25) is 0 Å². The van der Waals surface area contributed by atoms with Crippen molar-refractivity contribution >= 4 is 34.1 Å². The highest BCUT2D eigenvalue weighted by atomic mass is 79.9.